The van der Waals surface area contributed by atoms with Gasteiger partial charge in [0, 0.05) is 5.92 Å². The maximum atomic E-state index is 11.4. The van der Waals surface area contributed by atoms with Crippen molar-refractivity contribution in [1.82, 2.24) is 0 Å². The molecule has 2 nitrogen and oxygen atoms in total. The molecule has 0 rings (SSSR count). The summed E-state index contributed by atoms with van der Waals surface area (Å²) in [6, 6.07) is -0.225. The van der Waals surface area contributed by atoms with E-state index in [-0.39, 0.29) is 17.7 Å². The number of hydrogen-bond acceptors (Lipinski definition) is 2. The first-order valence-electron chi connectivity index (χ1n) is 5.88. The van der Waals surface area contributed by atoms with E-state index < -0.39 is 0 Å². The van der Waals surface area contributed by atoms with Crippen molar-refractivity contribution in [1.29, 1.82) is 0 Å². The van der Waals surface area contributed by atoms with Crippen LogP contribution in [0.1, 0.15) is 59.3 Å². The van der Waals surface area contributed by atoms with Gasteiger partial charge in [0.2, 0.25) is 0 Å². The summed E-state index contributed by atoms with van der Waals surface area (Å²) in [6.07, 6.45) is 7.01. The third-order valence-electron chi connectivity index (χ3n) is 2.55. The van der Waals surface area contributed by atoms with Crippen LogP contribution in [0.2, 0.25) is 0 Å². The lowest BCUT2D eigenvalue weighted by molar-refractivity contribution is -0.123. The predicted molar refractivity (Wildman–Crippen MR) is 61.2 cm³/mol. The number of carbonyl (C=O) groups is 1. The summed E-state index contributed by atoms with van der Waals surface area (Å²) in [5, 5.41) is 0. The number of carbonyl (C=O) groups excluding carboxylic acids is 1. The van der Waals surface area contributed by atoms with Crippen molar-refractivity contribution in [3.63, 3.8) is 0 Å². The van der Waals surface area contributed by atoms with Gasteiger partial charge in [-0.1, -0.05) is 52.9 Å². The van der Waals surface area contributed by atoms with Crippen molar-refractivity contribution in [2.24, 2.45) is 11.7 Å². The molecule has 0 unspecified atom stereocenters. The summed E-state index contributed by atoms with van der Waals surface area (Å²) in [6.45, 7) is 6.03. The lowest BCUT2D eigenvalue weighted by Gasteiger charge is -2.12. The number of ketones is 1. The topological polar surface area (TPSA) is 43.1 Å². The molecule has 14 heavy (non-hydrogen) atoms. The van der Waals surface area contributed by atoms with Crippen LogP contribution in [0.25, 0.3) is 0 Å². The van der Waals surface area contributed by atoms with Gasteiger partial charge >= 0.3 is 0 Å². The molecule has 0 bridgehead atoms. The molecule has 0 heterocycles. The van der Waals surface area contributed by atoms with Gasteiger partial charge in [-0.25, -0.2) is 0 Å². The summed E-state index contributed by atoms with van der Waals surface area (Å²) < 4.78 is 0. The van der Waals surface area contributed by atoms with Gasteiger partial charge in [0.25, 0.3) is 0 Å². The Hall–Kier alpha value is -0.370. The van der Waals surface area contributed by atoms with E-state index in [9.17, 15) is 4.79 Å². The molecule has 1 atom stereocenters. The Bertz CT molecular complexity index is 154. The van der Waals surface area contributed by atoms with Crippen LogP contribution in [0.5, 0.6) is 0 Å². The molecule has 0 aromatic heterocycles. The number of unbranched alkanes of at least 4 members (excludes halogenated alkanes) is 4. The summed E-state index contributed by atoms with van der Waals surface area (Å²) in [5.41, 5.74) is 5.78. The minimum absolute atomic E-state index is 0.0839. The molecule has 2 heteroatoms. The number of Topliss-reactive ketones (excluding diaryl/α,β-unsaturated/α-hetero) is 1. The Morgan fingerprint density at radius 3 is 2.21 bits per heavy atom. The van der Waals surface area contributed by atoms with Crippen molar-refractivity contribution < 1.29 is 4.79 Å². The van der Waals surface area contributed by atoms with E-state index >= 15 is 0 Å². The van der Waals surface area contributed by atoms with E-state index in [1.807, 2.05) is 13.8 Å². The van der Waals surface area contributed by atoms with Crippen LogP contribution in [-0.4, -0.2) is 11.8 Å². The van der Waals surface area contributed by atoms with Crippen molar-refractivity contribution in [3.8, 4) is 0 Å². The van der Waals surface area contributed by atoms with E-state index in [1.165, 1.54) is 25.7 Å². The molecule has 0 amide bonds. The molecular weight excluding hydrogens is 174 g/mol. The molecule has 0 aliphatic carbocycles. The smallest absolute Gasteiger partial charge is 0.152 e. The number of hydrogen-bond donors (Lipinski definition) is 1. The van der Waals surface area contributed by atoms with Crippen LogP contribution in [-0.2, 0) is 4.79 Å². The van der Waals surface area contributed by atoms with Crippen LogP contribution >= 0.6 is 0 Å². The molecule has 0 radical (unpaired) electrons. The lowest BCUT2D eigenvalue weighted by Crippen LogP contribution is -2.33. The maximum absolute atomic E-state index is 11.4. The highest BCUT2D eigenvalue weighted by molar-refractivity contribution is 5.85. The fraction of sp³-hybridized carbons (Fsp3) is 0.917. The van der Waals surface area contributed by atoms with E-state index in [0.29, 0.717) is 0 Å². The van der Waals surface area contributed by atoms with Crippen molar-refractivity contribution in [3.05, 3.63) is 0 Å². The van der Waals surface area contributed by atoms with Crippen molar-refractivity contribution in [2.45, 2.75) is 65.3 Å². The molecule has 0 saturated heterocycles. The molecule has 84 valence electrons. The van der Waals surface area contributed by atoms with Crippen LogP contribution in [0.4, 0.5) is 0 Å². The molecule has 2 N–H and O–H groups in total. The summed E-state index contributed by atoms with van der Waals surface area (Å²) >= 11 is 0. The monoisotopic (exact) mass is 199 g/mol. The zero-order valence-electron chi connectivity index (χ0n) is 9.88. The second-order valence-corrected chi connectivity index (χ2v) is 4.37. The summed E-state index contributed by atoms with van der Waals surface area (Å²) in [7, 11) is 0. The van der Waals surface area contributed by atoms with Crippen LogP contribution in [0, 0.1) is 5.92 Å². The molecular formula is C12H25NO. The SMILES string of the molecule is CCCCCCC[C@@H](N)C(=O)C(C)C. The Morgan fingerprint density at radius 1 is 1.14 bits per heavy atom. The molecule has 0 saturated carbocycles. The first kappa shape index (κ1) is 13.6. The molecule has 0 aromatic carbocycles. The Morgan fingerprint density at radius 2 is 1.71 bits per heavy atom. The highest BCUT2D eigenvalue weighted by Gasteiger charge is 2.15. The van der Waals surface area contributed by atoms with Crippen molar-refractivity contribution >= 4 is 5.78 Å². The van der Waals surface area contributed by atoms with E-state index in [0.717, 1.165) is 12.8 Å². The van der Waals surface area contributed by atoms with Crippen LogP contribution in [0.3, 0.4) is 0 Å². The maximum Gasteiger partial charge on any atom is 0.152 e. The first-order valence-corrected chi connectivity index (χ1v) is 5.88. The second kappa shape index (κ2) is 7.98. The van der Waals surface area contributed by atoms with Crippen LogP contribution in [0.15, 0.2) is 0 Å². The van der Waals surface area contributed by atoms with Gasteiger partial charge in [-0.05, 0) is 6.42 Å². The first-order chi connectivity index (χ1) is 6.59. The summed E-state index contributed by atoms with van der Waals surface area (Å²) in [5.74, 6) is 0.293. The fourth-order valence-electron chi connectivity index (χ4n) is 1.54. The molecule has 0 aliphatic rings. The fourth-order valence-corrected chi connectivity index (χ4v) is 1.54. The highest BCUT2D eigenvalue weighted by Crippen LogP contribution is 2.09. The zero-order valence-corrected chi connectivity index (χ0v) is 9.88. The summed E-state index contributed by atoms with van der Waals surface area (Å²) in [4.78, 5) is 11.4. The minimum Gasteiger partial charge on any atom is -0.321 e. The molecule has 0 spiro atoms. The third-order valence-corrected chi connectivity index (χ3v) is 2.55. The van der Waals surface area contributed by atoms with Gasteiger partial charge in [-0.3, -0.25) is 4.79 Å². The van der Waals surface area contributed by atoms with Gasteiger partial charge in [-0.15, -0.1) is 0 Å². The van der Waals surface area contributed by atoms with Gasteiger partial charge in [-0.2, -0.15) is 0 Å². The van der Waals surface area contributed by atoms with Gasteiger partial charge < -0.3 is 5.73 Å². The Balaban J connectivity index is 3.44. The van der Waals surface area contributed by atoms with Gasteiger partial charge in [0.1, 0.15) is 0 Å². The highest BCUT2D eigenvalue weighted by atomic mass is 16.1. The molecule has 0 aromatic rings. The quantitative estimate of drug-likeness (QED) is 0.611. The zero-order chi connectivity index (χ0) is 11.0. The second-order valence-electron chi connectivity index (χ2n) is 4.37. The number of rotatable bonds is 8. The normalized spacial score (nSPS) is 13.2. The largest absolute Gasteiger partial charge is 0.321 e. The standard InChI is InChI=1S/C12H25NO/c1-4-5-6-7-8-9-11(13)12(14)10(2)3/h10-11H,4-9,13H2,1-3H3/t11-/m1/s1. The lowest BCUT2D eigenvalue weighted by atomic mass is 9.97. The Kier molecular flexibility index (Phi) is 7.77. The van der Waals surface area contributed by atoms with E-state index in [2.05, 4.69) is 6.92 Å². The Labute approximate surface area is 88.3 Å². The third kappa shape index (κ3) is 6.14. The molecule has 0 fully saturated rings. The van der Waals surface area contributed by atoms with Gasteiger partial charge in [0.05, 0.1) is 6.04 Å². The van der Waals surface area contributed by atoms with E-state index in [1.54, 1.807) is 0 Å². The van der Waals surface area contributed by atoms with Gasteiger partial charge in [0.15, 0.2) is 5.78 Å². The number of nitrogens with two attached hydrogens (primary N) is 1. The average molecular weight is 199 g/mol. The van der Waals surface area contributed by atoms with E-state index in [4.69, 9.17) is 5.73 Å². The molecule has 0 aliphatic heterocycles. The average Bonchev–Trinajstić information content (AvgIpc) is 2.16. The minimum atomic E-state index is -0.225. The predicted octanol–water partition coefficient (Wildman–Crippen LogP) is 2.90. The van der Waals surface area contributed by atoms with Crippen molar-refractivity contribution in [2.75, 3.05) is 0 Å². The van der Waals surface area contributed by atoms with Crippen LogP contribution < -0.4 is 5.73 Å².